The fourth-order valence-electron chi connectivity index (χ4n) is 1.59. The van der Waals surface area contributed by atoms with Crippen LogP contribution in [0.15, 0.2) is 18.2 Å². The van der Waals surface area contributed by atoms with Crippen LogP contribution in [-0.2, 0) is 9.53 Å². The van der Waals surface area contributed by atoms with Gasteiger partial charge in [0.25, 0.3) is 0 Å². The van der Waals surface area contributed by atoms with Crippen LogP contribution in [0.3, 0.4) is 0 Å². The largest absolute Gasteiger partial charge is 0.494 e. The van der Waals surface area contributed by atoms with Gasteiger partial charge in [0, 0.05) is 6.07 Å². The van der Waals surface area contributed by atoms with Crippen molar-refractivity contribution < 1.29 is 32.2 Å². The van der Waals surface area contributed by atoms with E-state index in [1.807, 2.05) is 0 Å². The molecule has 1 N–H and O–H groups in total. The molecule has 0 spiro atoms. The molecule has 124 valence electrons. The quantitative estimate of drug-likeness (QED) is 0.800. The molecule has 8 heteroatoms. The molecule has 22 heavy (non-hydrogen) atoms. The number of anilines is 1. The molecule has 1 amide bonds. The lowest BCUT2D eigenvalue weighted by atomic mass is 10.2. The Morgan fingerprint density at radius 1 is 1.18 bits per heavy atom. The monoisotopic (exact) mass is 321 g/mol. The Bertz CT molecular complexity index is 491. The van der Waals surface area contributed by atoms with Crippen molar-refractivity contribution in [3.8, 4) is 11.5 Å². The summed E-state index contributed by atoms with van der Waals surface area (Å²) in [4.78, 5) is 11.6. The highest BCUT2D eigenvalue weighted by Crippen LogP contribution is 2.29. The first-order valence-corrected chi connectivity index (χ1v) is 6.69. The van der Waals surface area contributed by atoms with E-state index >= 15 is 0 Å². The number of benzene rings is 1. The summed E-state index contributed by atoms with van der Waals surface area (Å²) in [5, 5.41) is 2.44. The molecule has 0 saturated carbocycles. The van der Waals surface area contributed by atoms with E-state index in [9.17, 15) is 18.0 Å². The Kier molecular flexibility index (Phi) is 6.97. The van der Waals surface area contributed by atoms with E-state index in [-0.39, 0.29) is 0 Å². The van der Waals surface area contributed by atoms with Gasteiger partial charge in [-0.1, -0.05) is 0 Å². The smallest absolute Gasteiger partial charge is 0.411 e. The third kappa shape index (κ3) is 6.66. The number of hydrogen-bond donors (Lipinski definition) is 1. The highest BCUT2D eigenvalue weighted by molar-refractivity contribution is 5.93. The first-order valence-electron chi connectivity index (χ1n) is 6.69. The third-order valence-corrected chi connectivity index (χ3v) is 2.33. The maximum absolute atomic E-state index is 11.9. The fraction of sp³-hybridized carbons (Fsp3) is 0.500. The number of carbonyl (C=O) groups is 1. The highest BCUT2D eigenvalue weighted by Gasteiger charge is 2.27. The molecule has 5 nitrogen and oxygen atoms in total. The molecule has 0 aliphatic rings. The van der Waals surface area contributed by atoms with Gasteiger partial charge in [-0.05, 0) is 26.0 Å². The summed E-state index contributed by atoms with van der Waals surface area (Å²) in [5.74, 6) is 0.200. The summed E-state index contributed by atoms with van der Waals surface area (Å²) in [5.41, 5.74) is 0.313. The summed E-state index contributed by atoms with van der Waals surface area (Å²) in [6.07, 6.45) is -4.47. The van der Waals surface area contributed by atoms with Crippen molar-refractivity contribution in [3.05, 3.63) is 18.2 Å². The maximum Gasteiger partial charge on any atom is 0.411 e. The van der Waals surface area contributed by atoms with E-state index in [4.69, 9.17) is 9.47 Å². The standard InChI is InChI=1S/C14H18F3NO4/c1-3-21-10-5-6-12(22-4-2)11(7-10)18-13(19)8-20-9-14(15,16)17/h5-7H,3-4,8-9H2,1-2H3,(H,18,19). The van der Waals surface area contributed by atoms with Crippen LogP contribution >= 0.6 is 0 Å². The van der Waals surface area contributed by atoms with Crippen LogP contribution in [0, 0.1) is 0 Å². The zero-order chi connectivity index (χ0) is 16.6. The third-order valence-electron chi connectivity index (χ3n) is 2.33. The number of amides is 1. The molecule has 1 aromatic rings. The van der Waals surface area contributed by atoms with Gasteiger partial charge in [-0.15, -0.1) is 0 Å². The zero-order valence-electron chi connectivity index (χ0n) is 12.3. The van der Waals surface area contributed by atoms with E-state index in [1.165, 1.54) is 6.07 Å². The lowest BCUT2D eigenvalue weighted by Crippen LogP contribution is -2.24. The van der Waals surface area contributed by atoms with Crippen molar-refractivity contribution in [2.45, 2.75) is 20.0 Å². The van der Waals surface area contributed by atoms with Crippen LogP contribution in [0.25, 0.3) is 0 Å². The van der Waals surface area contributed by atoms with Gasteiger partial charge >= 0.3 is 6.18 Å². The molecule has 0 bridgehead atoms. The summed E-state index contributed by atoms with van der Waals surface area (Å²) in [7, 11) is 0. The van der Waals surface area contributed by atoms with Crippen LogP contribution in [0.1, 0.15) is 13.8 Å². The normalized spacial score (nSPS) is 11.1. The summed E-state index contributed by atoms with van der Waals surface area (Å²) in [6.45, 7) is 2.22. The van der Waals surface area contributed by atoms with E-state index < -0.39 is 25.3 Å². The predicted octanol–water partition coefficient (Wildman–Crippen LogP) is 3.00. The van der Waals surface area contributed by atoms with Crippen molar-refractivity contribution in [1.82, 2.24) is 0 Å². The van der Waals surface area contributed by atoms with Crippen molar-refractivity contribution in [2.75, 3.05) is 31.7 Å². The number of ether oxygens (including phenoxy) is 3. The Morgan fingerprint density at radius 3 is 2.45 bits per heavy atom. The second-order valence-corrected chi connectivity index (χ2v) is 4.18. The van der Waals surface area contributed by atoms with Crippen molar-refractivity contribution in [3.63, 3.8) is 0 Å². The Balaban J connectivity index is 2.68. The molecule has 1 aromatic carbocycles. The molecule has 1 rings (SSSR count). The molecule has 0 aliphatic heterocycles. The van der Waals surface area contributed by atoms with Gasteiger partial charge < -0.3 is 19.5 Å². The minimum atomic E-state index is -4.47. The summed E-state index contributed by atoms with van der Waals surface area (Å²) >= 11 is 0. The zero-order valence-corrected chi connectivity index (χ0v) is 12.3. The van der Waals surface area contributed by atoms with Gasteiger partial charge in [0.15, 0.2) is 0 Å². The van der Waals surface area contributed by atoms with Gasteiger partial charge in [0.1, 0.15) is 24.7 Å². The molecule has 0 radical (unpaired) electrons. The first-order chi connectivity index (χ1) is 10.4. The number of alkyl halides is 3. The number of carbonyl (C=O) groups excluding carboxylic acids is 1. The lowest BCUT2D eigenvalue weighted by Gasteiger charge is -2.14. The second kappa shape index (κ2) is 8.47. The van der Waals surface area contributed by atoms with Crippen LogP contribution < -0.4 is 14.8 Å². The molecule has 0 aromatic heterocycles. The average Bonchev–Trinajstić information content (AvgIpc) is 2.40. The molecule has 0 fully saturated rings. The van der Waals surface area contributed by atoms with E-state index in [2.05, 4.69) is 10.1 Å². The molecular weight excluding hydrogens is 303 g/mol. The van der Waals surface area contributed by atoms with Crippen molar-refractivity contribution in [2.24, 2.45) is 0 Å². The van der Waals surface area contributed by atoms with Gasteiger partial charge in [0.05, 0.1) is 18.9 Å². The Morgan fingerprint density at radius 2 is 1.86 bits per heavy atom. The highest BCUT2D eigenvalue weighted by atomic mass is 19.4. The lowest BCUT2D eigenvalue weighted by molar-refractivity contribution is -0.174. The number of halogens is 3. The van der Waals surface area contributed by atoms with Crippen molar-refractivity contribution >= 4 is 11.6 Å². The number of nitrogens with one attached hydrogen (secondary N) is 1. The Labute approximate surface area is 126 Å². The average molecular weight is 321 g/mol. The van der Waals surface area contributed by atoms with Crippen LogP contribution in [0.5, 0.6) is 11.5 Å². The fourth-order valence-corrected chi connectivity index (χ4v) is 1.59. The van der Waals surface area contributed by atoms with Gasteiger partial charge in [0.2, 0.25) is 5.91 Å². The van der Waals surface area contributed by atoms with E-state index in [0.717, 1.165) is 0 Å². The van der Waals surface area contributed by atoms with Gasteiger partial charge in [-0.25, -0.2) is 0 Å². The SMILES string of the molecule is CCOc1ccc(OCC)c(NC(=O)COCC(F)(F)F)c1. The number of hydrogen-bond acceptors (Lipinski definition) is 4. The van der Waals surface area contributed by atoms with Crippen LogP contribution in [0.4, 0.5) is 18.9 Å². The summed E-state index contributed by atoms with van der Waals surface area (Å²) < 4.78 is 50.8. The van der Waals surface area contributed by atoms with Gasteiger partial charge in [-0.2, -0.15) is 13.2 Å². The number of rotatable bonds is 8. The van der Waals surface area contributed by atoms with Gasteiger partial charge in [-0.3, -0.25) is 4.79 Å². The maximum atomic E-state index is 11.9. The molecule has 0 saturated heterocycles. The second-order valence-electron chi connectivity index (χ2n) is 4.18. The molecule has 0 aliphatic carbocycles. The molecule has 0 heterocycles. The predicted molar refractivity (Wildman–Crippen MR) is 74.3 cm³/mol. The minimum absolute atomic E-state index is 0.313. The summed E-state index contributed by atoms with van der Waals surface area (Å²) in [6, 6.07) is 4.82. The molecular formula is C14H18F3NO4. The molecule has 0 unspecified atom stereocenters. The minimum Gasteiger partial charge on any atom is -0.494 e. The van der Waals surface area contributed by atoms with Crippen molar-refractivity contribution in [1.29, 1.82) is 0 Å². The van der Waals surface area contributed by atoms with Crippen LogP contribution in [0.2, 0.25) is 0 Å². The van der Waals surface area contributed by atoms with Crippen LogP contribution in [-0.4, -0.2) is 38.5 Å². The van der Waals surface area contributed by atoms with E-state index in [1.54, 1.807) is 26.0 Å². The van der Waals surface area contributed by atoms with E-state index in [0.29, 0.717) is 30.4 Å². The topological polar surface area (TPSA) is 56.8 Å². The Hall–Kier alpha value is -1.96. The molecule has 0 atom stereocenters. The first kappa shape index (κ1) is 18.1.